The molecule has 4 nitrogen and oxygen atoms in total. The number of aromatic nitrogens is 1. The molecule has 8 heteroatoms. The van der Waals surface area contributed by atoms with Gasteiger partial charge in [-0.1, -0.05) is 12.1 Å². The number of nitrogens with zero attached hydrogens (tertiary/aromatic N) is 1. The summed E-state index contributed by atoms with van der Waals surface area (Å²) in [6, 6.07) is 7.58. The van der Waals surface area contributed by atoms with Crippen molar-refractivity contribution in [3.8, 4) is 0 Å². The van der Waals surface area contributed by atoms with Crippen LogP contribution >= 0.6 is 15.9 Å². The van der Waals surface area contributed by atoms with Crippen LogP contribution in [-0.2, 0) is 10.9 Å². The standard InChI is InChI=1S/C14H10BrF3N2O2/c15-10-2-1-7-20-11(10)12(22-13(19)21)8-3-5-9(6-4-8)14(16,17)18/h1-7,12H,(H2,19,21). The first kappa shape index (κ1) is 16.3. The Morgan fingerprint density at radius 1 is 1.23 bits per heavy atom. The predicted molar refractivity (Wildman–Crippen MR) is 75.9 cm³/mol. The van der Waals surface area contributed by atoms with E-state index in [4.69, 9.17) is 10.5 Å². The fraction of sp³-hybridized carbons (Fsp3) is 0.143. The van der Waals surface area contributed by atoms with Gasteiger partial charge in [0.2, 0.25) is 0 Å². The molecule has 2 rings (SSSR count). The highest BCUT2D eigenvalue weighted by Crippen LogP contribution is 2.33. The SMILES string of the molecule is NC(=O)OC(c1ccc(C(F)(F)F)cc1)c1ncccc1Br. The van der Waals surface area contributed by atoms with Gasteiger partial charge in [-0.2, -0.15) is 13.2 Å². The van der Waals surface area contributed by atoms with Gasteiger partial charge < -0.3 is 10.5 Å². The summed E-state index contributed by atoms with van der Waals surface area (Å²) in [4.78, 5) is 15.1. The predicted octanol–water partition coefficient (Wildman–Crippen LogP) is 4.05. The summed E-state index contributed by atoms with van der Waals surface area (Å²) in [5, 5.41) is 0. The van der Waals surface area contributed by atoms with Crippen LogP contribution in [0.2, 0.25) is 0 Å². The minimum atomic E-state index is -4.44. The fourth-order valence-electron chi connectivity index (χ4n) is 1.84. The first-order chi connectivity index (χ1) is 10.3. The third-order valence-electron chi connectivity index (χ3n) is 2.81. The molecule has 22 heavy (non-hydrogen) atoms. The maximum atomic E-state index is 12.6. The molecule has 1 aromatic heterocycles. The highest BCUT2D eigenvalue weighted by atomic mass is 79.9. The highest BCUT2D eigenvalue weighted by molar-refractivity contribution is 9.10. The van der Waals surface area contributed by atoms with Gasteiger partial charge >= 0.3 is 12.3 Å². The third kappa shape index (κ3) is 3.76. The zero-order valence-corrected chi connectivity index (χ0v) is 12.6. The Morgan fingerprint density at radius 3 is 2.36 bits per heavy atom. The minimum absolute atomic E-state index is 0.325. The maximum Gasteiger partial charge on any atom is 0.416 e. The average molecular weight is 375 g/mol. The van der Waals surface area contributed by atoms with Gasteiger partial charge in [0.15, 0.2) is 6.10 Å². The Kier molecular flexibility index (Phi) is 4.70. The second kappa shape index (κ2) is 6.35. The van der Waals surface area contributed by atoms with Crippen molar-refractivity contribution in [3.05, 3.63) is 63.9 Å². The molecule has 1 unspecified atom stereocenters. The second-order valence-corrected chi connectivity index (χ2v) is 5.16. The van der Waals surface area contributed by atoms with Crippen molar-refractivity contribution in [2.45, 2.75) is 12.3 Å². The van der Waals surface area contributed by atoms with E-state index in [1.165, 1.54) is 18.3 Å². The fourth-order valence-corrected chi connectivity index (χ4v) is 2.30. The van der Waals surface area contributed by atoms with Crippen molar-refractivity contribution < 1.29 is 22.7 Å². The number of rotatable bonds is 3. The van der Waals surface area contributed by atoms with E-state index in [9.17, 15) is 18.0 Å². The van der Waals surface area contributed by atoms with Crippen molar-refractivity contribution in [2.24, 2.45) is 5.73 Å². The first-order valence-electron chi connectivity index (χ1n) is 6.02. The molecule has 116 valence electrons. The number of alkyl halides is 3. The molecule has 0 saturated carbocycles. The summed E-state index contributed by atoms with van der Waals surface area (Å²) in [7, 11) is 0. The number of primary amides is 1. The van der Waals surface area contributed by atoms with Crippen LogP contribution in [0.1, 0.15) is 22.9 Å². The number of ether oxygens (including phenoxy) is 1. The van der Waals surface area contributed by atoms with Gasteiger partial charge in [-0.3, -0.25) is 4.98 Å². The number of halogens is 4. The summed E-state index contributed by atoms with van der Waals surface area (Å²) in [6.45, 7) is 0. The van der Waals surface area contributed by atoms with E-state index < -0.39 is 23.9 Å². The molecular weight excluding hydrogens is 365 g/mol. The summed E-state index contributed by atoms with van der Waals surface area (Å²) < 4.78 is 43.3. The lowest BCUT2D eigenvalue weighted by molar-refractivity contribution is -0.137. The van der Waals surface area contributed by atoms with Crippen LogP contribution in [0.5, 0.6) is 0 Å². The zero-order chi connectivity index (χ0) is 16.3. The summed E-state index contributed by atoms with van der Waals surface area (Å²) in [5.41, 5.74) is 4.90. The number of carbonyl (C=O) groups is 1. The van der Waals surface area contributed by atoms with Crippen LogP contribution in [0.3, 0.4) is 0 Å². The van der Waals surface area contributed by atoms with Crippen molar-refractivity contribution in [1.29, 1.82) is 0 Å². The van der Waals surface area contributed by atoms with Crippen molar-refractivity contribution in [1.82, 2.24) is 4.98 Å². The van der Waals surface area contributed by atoms with E-state index in [0.29, 0.717) is 15.7 Å². The number of nitrogens with two attached hydrogens (primary N) is 1. The Labute approximate surface area is 132 Å². The number of pyridine rings is 1. The van der Waals surface area contributed by atoms with Gasteiger partial charge in [-0.05, 0) is 45.8 Å². The molecule has 1 amide bonds. The van der Waals surface area contributed by atoms with Crippen molar-refractivity contribution in [2.75, 3.05) is 0 Å². The van der Waals surface area contributed by atoms with E-state index in [1.54, 1.807) is 12.1 Å². The van der Waals surface area contributed by atoms with Gasteiger partial charge in [0.1, 0.15) is 0 Å². The molecule has 2 aromatic rings. The van der Waals surface area contributed by atoms with E-state index in [-0.39, 0.29) is 0 Å². The van der Waals surface area contributed by atoms with Gasteiger partial charge in [-0.25, -0.2) is 4.79 Å². The van der Waals surface area contributed by atoms with Gasteiger partial charge in [0.25, 0.3) is 0 Å². The molecular formula is C14H10BrF3N2O2. The molecule has 0 aliphatic carbocycles. The molecule has 0 spiro atoms. The summed E-state index contributed by atoms with van der Waals surface area (Å²) in [6.07, 6.45) is -5.02. The number of hydrogen-bond acceptors (Lipinski definition) is 3. The smallest absolute Gasteiger partial charge is 0.416 e. The van der Waals surface area contributed by atoms with Gasteiger partial charge in [-0.15, -0.1) is 0 Å². The van der Waals surface area contributed by atoms with Gasteiger partial charge in [0, 0.05) is 10.7 Å². The van der Waals surface area contributed by atoms with Gasteiger partial charge in [0.05, 0.1) is 11.3 Å². The number of benzene rings is 1. The van der Waals surface area contributed by atoms with Crippen LogP contribution in [0.4, 0.5) is 18.0 Å². The molecule has 1 heterocycles. The number of amides is 1. The van der Waals surface area contributed by atoms with Crippen LogP contribution in [0.25, 0.3) is 0 Å². The molecule has 0 radical (unpaired) electrons. The lowest BCUT2D eigenvalue weighted by Crippen LogP contribution is -2.19. The minimum Gasteiger partial charge on any atom is -0.435 e. The molecule has 0 aliphatic heterocycles. The number of hydrogen-bond donors (Lipinski definition) is 1. The Morgan fingerprint density at radius 2 is 1.86 bits per heavy atom. The lowest BCUT2D eigenvalue weighted by Gasteiger charge is -2.18. The quantitative estimate of drug-likeness (QED) is 0.881. The topological polar surface area (TPSA) is 65.2 Å². The first-order valence-corrected chi connectivity index (χ1v) is 6.82. The van der Waals surface area contributed by atoms with Crippen LogP contribution in [0, 0.1) is 0 Å². The van der Waals surface area contributed by atoms with E-state index in [0.717, 1.165) is 12.1 Å². The molecule has 2 N–H and O–H groups in total. The highest BCUT2D eigenvalue weighted by Gasteiger charge is 2.31. The second-order valence-electron chi connectivity index (χ2n) is 4.31. The maximum absolute atomic E-state index is 12.6. The Bertz CT molecular complexity index is 675. The average Bonchev–Trinajstić information content (AvgIpc) is 2.45. The monoisotopic (exact) mass is 374 g/mol. The molecule has 1 atom stereocenters. The molecule has 0 aliphatic rings. The van der Waals surface area contributed by atoms with E-state index in [1.807, 2.05) is 0 Å². The van der Waals surface area contributed by atoms with Crippen LogP contribution < -0.4 is 5.73 Å². The van der Waals surface area contributed by atoms with Crippen molar-refractivity contribution >= 4 is 22.0 Å². The molecule has 0 saturated heterocycles. The zero-order valence-electron chi connectivity index (χ0n) is 11.0. The van der Waals surface area contributed by atoms with Crippen molar-refractivity contribution in [3.63, 3.8) is 0 Å². The van der Waals surface area contributed by atoms with Crippen LogP contribution in [0.15, 0.2) is 47.1 Å². The Hall–Kier alpha value is -2.09. The molecule has 1 aromatic carbocycles. The molecule has 0 bridgehead atoms. The van der Waals surface area contributed by atoms with E-state index in [2.05, 4.69) is 20.9 Å². The summed E-state index contributed by atoms with van der Waals surface area (Å²) in [5.74, 6) is 0. The normalized spacial score (nSPS) is 12.7. The number of carbonyl (C=O) groups excluding carboxylic acids is 1. The lowest BCUT2D eigenvalue weighted by atomic mass is 10.0. The van der Waals surface area contributed by atoms with Crippen LogP contribution in [-0.4, -0.2) is 11.1 Å². The summed E-state index contributed by atoms with van der Waals surface area (Å²) >= 11 is 3.26. The molecule has 0 fully saturated rings. The third-order valence-corrected chi connectivity index (χ3v) is 3.48. The Balaban J connectivity index is 2.42. The van der Waals surface area contributed by atoms with E-state index >= 15 is 0 Å². The largest absolute Gasteiger partial charge is 0.435 e.